The van der Waals surface area contributed by atoms with Crippen LogP contribution in [0.15, 0.2) is 0 Å². The Morgan fingerprint density at radius 2 is 1.64 bits per heavy atom. The monoisotopic (exact) mass is 253 g/mol. The van der Waals surface area contributed by atoms with Gasteiger partial charge >= 0.3 is 11.9 Å². The van der Waals surface area contributed by atoms with Crippen molar-refractivity contribution in [1.29, 1.82) is 0 Å². The predicted octanol–water partition coefficient (Wildman–Crippen LogP) is 0.569. The SMILES string of the molecule is CCCC(C(=O)O)C(=O)O.[Ag]. The largest absolute Gasteiger partial charge is 0.481 e. The predicted molar refractivity (Wildman–Crippen MR) is 33.7 cm³/mol. The number of carboxylic acid groups (broad SMARTS) is 2. The van der Waals surface area contributed by atoms with Crippen molar-refractivity contribution in [3.8, 4) is 0 Å². The van der Waals surface area contributed by atoms with Gasteiger partial charge in [0.15, 0.2) is 5.92 Å². The van der Waals surface area contributed by atoms with Crippen LogP contribution >= 0.6 is 0 Å². The van der Waals surface area contributed by atoms with Crippen LogP contribution < -0.4 is 0 Å². The molecule has 0 aromatic heterocycles. The fraction of sp³-hybridized carbons (Fsp3) is 0.667. The Hall–Kier alpha value is -0.320. The summed E-state index contributed by atoms with van der Waals surface area (Å²) in [7, 11) is 0. The summed E-state index contributed by atoms with van der Waals surface area (Å²) in [5, 5.41) is 16.6. The average Bonchev–Trinajstić information content (AvgIpc) is 1.81. The molecular formula is C6H10AgO4. The number of aliphatic carboxylic acids is 2. The normalized spacial score (nSPS) is 8.91. The van der Waals surface area contributed by atoms with Crippen LogP contribution in [0.25, 0.3) is 0 Å². The van der Waals surface area contributed by atoms with Crippen molar-refractivity contribution in [2.24, 2.45) is 5.92 Å². The Morgan fingerprint density at radius 3 is 1.73 bits per heavy atom. The molecule has 0 bridgehead atoms. The van der Waals surface area contributed by atoms with E-state index in [4.69, 9.17) is 10.2 Å². The molecule has 2 N–H and O–H groups in total. The Morgan fingerprint density at radius 1 is 1.27 bits per heavy atom. The van der Waals surface area contributed by atoms with Gasteiger partial charge < -0.3 is 10.2 Å². The number of carboxylic acids is 2. The summed E-state index contributed by atoms with van der Waals surface area (Å²) in [4.78, 5) is 20.3. The first-order valence-electron chi connectivity index (χ1n) is 3.05. The zero-order valence-electron chi connectivity index (χ0n) is 6.00. The van der Waals surface area contributed by atoms with Gasteiger partial charge in [-0.3, -0.25) is 9.59 Å². The maximum Gasteiger partial charge on any atom is 0.317 e. The van der Waals surface area contributed by atoms with Crippen molar-refractivity contribution in [2.75, 3.05) is 0 Å². The summed E-state index contributed by atoms with van der Waals surface area (Å²) in [5.74, 6) is -3.74. The van der Waals surface area contributed by atoms with Crippen LogP contribution in [0, 0.1) is 5.92 Å². The summed E-state index contributed by atoms with van der Waals surface area (Å²) in [5.41, 5.74) is 0. The molecule has 0 aliphatic heterocycles. The van der Waals surface area contributed by atoms with E-state index in [1.54, 1.807) is 6.92 Å². The van der Waals surface area contributed by atoms with E-state index in [0.29, 0.717) is 6.42 Å². The molecule has 0 saturated carbocycles. The maximum atomic E-state index is 10.2. The van der Waals surface area contributed by atoms with Crippen molar-refractivity contribution in [3.05, 3.63) is 0 Å². The third kappa shape index (κ3) is 5.01. The third-order valence-electron chi connectivity index (χ3n) is 1.17. The number of hydrogen-bond acceptors (Lipinski definition) is 2. The van der Waals surface area contributed by atoms with E-state index in [2.05, 4.69) is 0 Å². The minimum Gasteiger partial charge on any atom is -0.481 e. The van der Waals surface area contributed by atoms with Crippen LogP contribution in [-0.4, -0.2) is 22.2 Å². The first kappa shape index (κ1) is 13.3. The van der Waals surface area contributed by atoms with E-state index in [0.717, 1.165) is 0 Å². The third-order valence-corrected chi connectivity index (χ3v) is 1.17. The van der Waals surface area contributed by atoms with Crippen molar-refractivity contribution >= 4 is 11.9 Å². The van der Waals surface area contributed by atoms with Gasteiger partial charge in [-0.15, -0.1) is 0 Å². The van der Waals surface area contributed by atoms with E-state index < -0.39 is 17.9 Å². The molecule has 0 heterocycles. The molecule has 0 aliphatic carbocycles. The quantitative estimate of drug-likeness (QED) is 0.568. The van der Waals surface area contributed by atoms with Gasteiger partial charge in [0.25, 0.3) is 0 Å². The fourth-order valence-electron chi connectivity index (χ4n) is 0.641. The molecule has 1 radical (unpaired) electrons. The zero-order chi connectivity index (χ0) is 8.15. The Balaban J connectivity index is 0. The second-order valence-electron chi connectivity index (χ2n) is 2.02. The molecule has 4 nitrogen and oxygen atoms in total. The molecule has 0 saturated heterocycles. The van der Waals surface area contributed by atoms with Gasteiger partial charge in [-0.25, -0.2) is 0 Å². The summed E-state index contributed by atoms with van der Waals surface area (Å²) in [6, 6.07) is 0. The molecule has 0 aromatic carbocycles. The van der Waals surface area contributed by atoms with E-state index in [1.165, 1.54) is 0 Å². The van der Waals surface area contributed by atoms with Crippen LogP contribution in [0.4, 0.5) is 0 Å². The molecule has 11 heavy (non-hydrogen) atoms. The summed E-state index contributed by atoms with van der Waals surface area (Å²) in [6.45, 7) is 1.75. The molecule has 0 aromatic rings. The molecule has 0 unspecified atom stereocenters. The minimum absolute atomic E-state index is 0. The molecule has 5 heteroatoms. The van der Waals surface area contributed by atoms with E-state index >= 15 is 0 Å². The van der Waals surface area contributed by atoms with Gasteiger partial charge in [-0.2, -0.15) is 0 Å². The van der Waals surface area contributed by atoms with Crippen molar-refractivity contribution < 1.29 is 42.2 Å². The van der Waals surface area contributed by atoms with Crippen LogP contribution in [0.1, 0.15) is 19.8 Å². The van der Waals surface area contributed by atoms with E-state index in [-0.39, 0.29) is 28.8 Å². The molecule has 0 rings (SSSR count). The molecule has 0 fully saturated rings. The Bertz CT molecular complexity index is 132. The average molecular weight is 254 g/mol. The van der Waals surface area contributed by atoms with E-state index in [9.17, 15) is 9.59 Å². The molecule has 0 atom stereocenters. The van der Waals surface area contributed by atoms with Crippen molar-refractivity contribution in [1.82, 2.24) is 0 Å². The molecule has 0 aliphatic rings. The Kier molecular flexibility index (Phi) is 7.72. The molecular weight excluding hydrogens is 244 g/mol. The van der Waals surface area contributed by atoms with E-state index in [1.807, 2.05) is 0 Å². The standard InChI is InChI=1S/C6H10O4.Ag/c1-2-3-4(5(7)8)6(9)10;/h4H,2-3H2,1H3,(H,7,8)(H,9,10);. The topological polar surface area (TPSA) is 74.6 Å². The second-order valence-corrected chi connectivity index (χ2v) is 2.02. The van der Waals surface area contributed by atoms with Crippen LogP contribution in [0.2, 0.25) is 0 Å². The van der Waals surface area contributed by atoms with Gasteiger partial charge in [0.05, 0.1) is 0 Å². The number of hydrogen-bond donors (Lipinski definition) is 2. The van der Waals surface area contributed by atoms with Gasteiger partial charge in [0.1, 0.15) is 0 Å². The van der Waals surface area contributed by atoms with Gasteiger partial charge in [-0.1, -0.05) is 13.3 Å². The summed E-state index contributed by atoms with van der Waals surface area (Å²) >= 11 is 0. The smallest absolute Gasteiger partial charge is 0.317 e. The summed E-state index contributed by atoms with van der Waals surface area (Å²) in [6.07, 6.45) is 0.772. The van der Waals surface area contributed by atoms with Gasteiger partial charge in [0, 0.05) is 22.4 Å². The fourth-order valence-corrected chi connectivity index (χ4v) is 0.641. The molecule has 0 amide bonds. The second kappa shape index (κ2) is 6.39. The summed E-state index contributed by atoms with van der Waals surface area (Å²) < 4.78 is 0. The minimum atomic E-state index is -1.26. The first-order chi connectivity index (χ1) is 4.59. The van der Waals surface area contributed by atoms with Crippen LogP contribution in [0.5, 0.6) is 0 Å². The van der Waals surface area contributed by atoms with Crippen LogP contribution in [0.3, 0.4) is 0 Å². The molecule has 69 valence electrons. The first-order valence-corrected chi connectivity index (χ1v) is 3.05. The van der Waals surface area contributed by atoms with Gasteiger partial charge in [-0.05, 0) is 6.42 Å². The zero-order valence-corrected chi connectivity index (χ0v) is 7.49. The number of rotatable bonds is 4. The maximum absolute atomic E-state index is 10.2. The van der Waals surface area contributed by atoms with Crippen LogP contribution in [-0.2, 0) is 32.0 Å². The number of carbonyl (C=O) groups is 2. The van der Waals surface area contributed by atoms with Gasteiger partial charge in [0.2, 0.25) is 0 Å². The van der Waals surface area contributed by atoms with Crippen molar-refractivity contribution in [3.63, 3.8) is 0 Å². The molecule has 0 spiro atoms. The van der Waals surface area contributed by atoms with Crippen molar-refractivity contribution in [2.45, 2.75) is 19.8 Å². The Labute approximate surface area is 80.1 Å².